The van der Waals surface area contributed by atoms with Crippen molar-refractivity contribution in [3.63, 3.8) is 0 Å². The van der Waals surface area contributed by atoms with E-state index in [0.717, 1.165) is 34.5 Å². The predicted octanol–water partition coefficient (Wildman–Crippen LogP) is 6.31. The molecule has 190 valence electrons. The Hall–Kier alpha value is -3.46. The number of carboxylic acids is 1. The van der Waals surface area contributed by atoms with Gasteiger partial charge in [0.15, 0.2) is 0 Å². The Morgan fingerprint density at radius 1 is 1.03 bits per heavy atom. The van der Waals surface area contributed by atoms with Gasteiger partial charge < -0.3 is 15.5 Å². The van der Waals surface area contributed by atoms with E-state index in [9.17, 15) is 28.2 Å². The van der Waals surface area contributed by atoms with Gasteiger partial charge in [0.2, 0.25) is 5.95 Å². The van der Waals surface area contributed by atoms with Crippen LogP contribution in [0.15, 0.2) is 54.7 Å². The zero-order valence-corrected chi connectivity index (χ0v) is 20.0. The molecule has 0 unspecified atom stereocenters. The lowest BCUT2D eigenvalue weighted by Gasteiger charge is -2.38. The van der Waals surface area contributed by atoms with Crippen LogP contribution in [0.4, 0.5) is 24.8 Å². The van der Waals surface area contributed by atoms with Crippen molar-refractivity contribution < 1.29 is 28.2 Å². The second-order valence-corrected chi connectivity index (χ2v) is 9.53. The maximum absolute atomic E-state index is 13.0. The number of benzene rings is 2. The number of carbonyl (C=O) groups is 1. The predicted molar refractivity (Wildman–Crippen MR) is 130 cm³/mol. The van der Waals surface area contributed by atoms with Crippen LogP contribution in [0, 0.1) is 18.8 Å². The number of hydrogen-bond acceptors (Lipinski definition) is 5. The van der Waals surface area contributed by atoms with Crippen molar-refractivity contribution >= 4 is 17.6 Å². The molecule has 1 aromatic heterocycles. The lowest BCUT2D eigenvalue weighted by Crippen LogP contribution is -2.36. The van der Waals surface area contributed by atoms with Crippen molar-refractivity contribution in [1.29, 1.82) is 0 Å². The van der Waals surface area contributed by atoms with Gasteiger partial charge >= 0.3 is 12.1 Å². The molecule has 1 heterocycles. The van der Waals surface area contributed by atoms with E-state index in [4.69, 9.17) is 0 Å². The van der Waals surface area contributed by atoms with Gasteiger partial charge in [-0.25, -0.2) is 9.97 Å². The lowest BCUT2D eigenvalue weighted by molar-refractivity contribution is -0.144. The number of alkyl halides is 3. The summed E-state index contributed by atoms with van der Waals surface area (Å²) in [6, 6.07) is 13.8. The summed E-state index contributed by atoms with van der Waals surface area (Å²) in [5, 5.41) is 23.5. The largest absolute Gasteiger partial charge is 0.481 e. The molecule has 3 aromatic rings. The number of hydrogen-bond donors (Lipinski definition) is 3. The third-order valence-electron chi connectivity index (χ3n) is 7.04. The van der Waals surface area contributed by atoms with Crippen LogP contribution in [0.2, 0.25) is 0 Å². The van der Waals surface area contributed by atoms with Crippen molar-refractivity contribution in [2.75, 3.05) is 5.32 Å². The summed E-state index contributed by atoms with van der Waals surface area (Å²) in [5.41, 5.74) is 1.85. The molecule has 1 aliphatic carbocycles. The van der Waals surface area contributed by atoms with Crippen molar-refractivity contribution in [3.8, 4) is 11.1 Å². The second kappa shape index (κ2) is 9.89. The number of nitrogens with zero attached hydrogens (tertiary/aromatic N) is 2. The Balaban J connectivity index is 1.53. The van der Waals surface area contributed by atoms with E-state index >= 15 is 0 Å². The lowest BCUT2D eigenvalue weighted by atomic mass is 9.70. The third-order valence-corrected chi connectivity index (χ3v) is 7.04. The minimum absolute atomic E-state index is 0.0300. The minimum atomic E-state index is -4.56. The molecule has 1 fully saturated rings. The van der Waals surface area contributed by atoms with E-state index in [1.165, 1.54) is 0 Å². The molecule has 1 atom stereocenters. The molecule has 0 saturated heterocycles. The van der Waals surface area contributed by atoms with Crippen molar-refractivity contribution in [3.05, 3.63) is 71.5 Å². The third kappa shape index (κ3) is 5.51. The van der Waals surface area contributed by atoms with Gasteiger partial charge in [-0.1, -0.05) is 30.3 Å². The topological polar surface area (TPSA) is 95.3 Å². The monoisotopic (exact) mass is 499 g/mol. The van der Waals surface area contributed by atoms with E-state index in [2.05, 4.69) is 15.3 Å². The summed E-state index contributed by atoms with van der Waals surface area (Å²) in [4.78, 5) is 18.7. The van der Waals surface area contributed by atoms with E-state index in [-0.39, 0.29) is 17.8 Å². The summed E-state index contributed by atoms with van der Waals surface area (Å²) < 4.78 is 38.9. The number of rotatable bonds is 6. The number of halogens is 3. The molecule has 0 aliphatic heterocycles. The Bertz CT molecular complexity index is 1250. The zero-order chi connectivity index (χ0) is 26.1. The molecule has 4 rings (SSSR count). The number of nitrogens with one attached hydrogen (secondary N) is 1. The molecule has 6 nitrogen and oxygen atoms in total. The van der Waals surface area contributed by atoms with Crippen LogP contribution in [-0.2, 0) is 16.6 Å². The van der Waals surface area contributed by atoms with Gasteiger partial charge in [0.25, 0.3) is 0 Å². The summed E-state index contributed by atoms with van der Waals surface area (Å²) in [7, 11) is 0. The Morgan fingerprint density at radius 2 is 1.72 bits per heavy atom. The fourth-order valence-electron chi connectivity index (χ4n) is 5.02. The number of aryl methyl sites for hydroxylation is 1. The van der Waals surface area contributed by atoms with Gasteiger partial charge in [0, 0.05) is 11.9 Å². The van der Waals surface area contributed by atoms with Crippen molar-refractivity contribution in [2.45, 2.75) is 51.3 Å². The summed E-state index contributed by atoms with van der Waals surface area (Å²) in [6.07, 6.45) is -1.08. The molecule has 1 saturated carbocycles. The highest BCUT2D eigenvalue weighted by molar-refractivity contribution is 5.71. The highest BCUT2D eigenvalue weighted by Crippen LogP contribution is 2.42. The normalized spacial score (nSPS) is 19.9. The fourth-order valence-corrected chi connectivity index (χ4v) is 5.02. The first-order chi connectivity index (χ1) is 16.9. The van der Waals surface area contributed by atoms with E-state index in [1.807, 2.05) is 31.2 Å². The molecule has 2 aromatic carbocycles. The Morgan fingerprint density at radius 3 is 2.36 bits per heavy atom. The highest BCUT2D eigenvalue weighted by atomic mass is 19.4. The Labute approximate surface area is 207 Å². The van der Waals surface area contributed by atoms with Crippen LogP contribution in [0.5, 0.6) is 0 Å². The standard InChI is InChI=1S/C27H28F3N3O3/c1-16-14-19(8-11-22(16)26(2,36)20-9-6-17(7-10-20)24(34)35)18-4-3-5-21(15-18)32-25-31-13-12-23(33-25)27(28,29)30/h3-5,8,11-15,17,20,36H,6-7,9-10H2,1-2H3,(H,34,35)(H,31,32,33)/t17?,20?,26-/m0/s1. The van der Waals surface area contributed by atoms with E-state index < -0.39 is 23.4 Å². The first-order valence-electron chi connectivity index (χ1n) is 11.8. The average Bonchev–Trinajstić information content (AvgIpc) is 2.83. The maximum atomic E-state index is 13.0. The van der Waals surface area contributed by atoms with Crippen LogP contribution >= 0.6 is 0 Å². The van der Waals surface area contributed by atoms with Crippen molar-refractivity contribution in [1.82, 2.24) is 9.97 Å². The first kappa shape index (κ1) is 25.6. The van der Waals surface area contributed by atoms with E-state index in [0.29, 0.717) is 31.4 Å². The molecule has 0 amide bonds. The smallest absolute Gasteiger partial charge is 0.433 e. The van der Waals surface area contributed by atoms with Gasteiger partial charge in [-0.3, -0.25) is 4.79 Å². The van der Waals surface area contributed by atoms with Crippen LogP contribution in [-0.4, -0.2) is 26.2 Å². The number of aliphatic carboxylic acids is 1. The van der Waals surface area contributed by atoms with Crippen LogP contribution in [0.1, 0.15) is 49.4 Å². The maximum Gasteiger partial charge on any atom is 0.433 e. The first-order valence-corrected chi connectivity index (χ1v) is 11.8. The van der Waals surface area contributed by atoms with Gasteiger partial charge in [0.1, 0.15) is 5.69 Å². The molecule has 0 spiro atoms. The Kier molecular flexibility index (Phi) is 7.04. The molecule has 0 radical (unpaired) electrons. The van der Waals surface area contributed by atoms with Crippen LogP contribution in [0.3, 0.4) is 0 Å². The second-order valence-electron chi connectivity index (χ2n) is 9.53. The zero-order valence-electron chi connectivity index (χ0n) is 20.0. The van der Waals surface area contributed by atoms with Crippen LogP contribution in [0.25, 0.3) is 11.1 Å². The number of aromatic nitrogens is 2. The molecule has 9 heteroatoms. The summed E-state index contributed by atoms with van der Waals surface area (Å²) in [6.45, 7) is 3.72. The number of anilines is 2. The van der Waals surface area contributed by atoms with Gasteiger partial charge in [0.05, 0.1) is 11.5 Å². The molecule has 3 N–H and O–H groups in total. The molecule has 36 heavy (non-hydrogen) atoms. The molecule has 1 aliphatic rings. The SMILES string of the molecule is Cc1cc(-c2cccc(Nc3nccc(C(F)(F)F)n3)c2)ccc1[C@@](C)(O)C1CCC(C(=O)O)CC1. The van der Waals surface area contributed by atoms with Crippen LogP contribution < -0.4 is 5.32 Å². The number of carboxylic acid groups (broad SMARTS) is 1. The molecular weight excluding hydrogens is 471 g/mol. The number of aliphatic hydroxyl groups is 1. The van der Waals surface area contributed by atoms with Gasteiger partial charge in [-0.2, -0.15) is 13.2 Å². The summed E-state index contributed by atoms with van der Waals surface area (Å²) >= 11 is 0. The highest BCUT2D eigenvalue weighted by Gasteiger charge is 2.38. The molecular formula is C27H28F3N3O3. The molecule has 0 bridgehead atoms. The fraction of sp³-hybridized carbons (Fsp3) is 0.370. The van der Waals surface area contributed by atoms with E-state index in [1.54, 1.807) is 25.1 Å². The summed E-state index contributed by atoms with van der Waals surface area (Å²) in [5.74, 6) is -1.30. The minimum Gasteiger partial charge on any atom is -0.481 e. The average molecular weight is 500 g/mol. The quantitative estimate of drug-likeness (QED) is 0.368. The van der Waals surface area contributed by atoms with Gasteiger partial charge in [-0.05, 0) is 85.9 Å². The van der Waals surface area contributed by atoms with Crippen molar-refractivity contribution in [2.24, 2.45) is 11.8 Å². The van der Waals surface area contributed by atoms with Gasteiger partial charge in [-0.15, -0.1) is 0 Å².